The van der Waals surface area contributed by atoms with E-state index in [1.54, 1.807) is 12.1 Å². The van der Waals surface area contributed by atoms with Crippen molar-refractivity contribution < 1.29 is 23.4 Å². The van der Waals surface area contributed by atoms with Gasteiger partial charge in [-0.1, -0.05) is 13.0 Å². The monoisotopic (exact) mass is 289 g/mol. The van der Waals surface area contributed by atoms with Crippen LogP contribution in [0.2, 0.25) is 0 Å². The fourth-order valence-corrected chi connectivity index (χ4v) is 2.16. The Kier molecular flexibility index (Phi) is 6.67. The minimum atomic E-state index is -2.92. The summed E-state index contributed by atoms with van der Waals surface area (Å²) < 4.78 is 34.2. The standard InChI is InChI=1S/C14H21F2NO3/c1-3-11(17)10(6-7-18)9-4-5-12(19-2)13(8-9)20-14(15)16/h4-5,8,10-11,14,18H,3,6-7,17H2,1-2H3. The quantitative estimate of drug-likeness (QED) is 0.771. The summed E-state index contributed by atoms with van der Waals surface area (Å²) in [6, 6.07) is 4.67. The molecule has 0 aliphatic rings. The summed E-state index contributed by atoms with van der Waals surface area (Å²) in [5.74, 6) is 0.101. The lowest BCUT2D eigenvalue weighted by atomic mass is 9.87. The van der Waals surface area contributed by atoms with Crippen molar-refractivity contribution in [2.75, 3.05) is 13.7 Å². The molecule has 0 aromatic heterocycles. The second-order valence-corrected chi connectivity index (χ2v) is 4.48. The van der Waals surface area contributed by atoms with Gasteiger partial charge >= 0.3 is 6.61 Å². The van der Waals surface area contributed by atoms with E-state index in [4.69, 9.17) is 15.6 Å². The van der Waals surface area contributed by atoms with Crippen LogP contribution in [0.1, 0.15) is 31.2 Å². The highest BCUT2D eigenvalue weighted by atomic mass is 19.3. The molecule has 2 unspecified atom stereocenters. The zero-order chi connectivity index (χ0) is 15.1. The summed E-state index contributed by atoms with van der Waals surface area (Å²) >= 11 is 0. The number of methoxy groups -OCH3 is 1. The minimum Gasteiger partial charge on any atom is -0.493 e. The van der Waals surface area contributed by atoms with Crippen LogP contribution in [-0.2, 0) is 0 Å². The Labute approximate surface area is 117 Å². The number of alkyl halides is 2. The molecule has 0 saturated carbocycles. The molecule has 3 N–H and O–H groups in total. The van der Waals surface area contributed by atoms with E-state index in [9.17, 15) is 8.78 Å². The molecule has 6 heteroatoms. The first-order valence-electron chi connectivity index (χ1n) is 6.52. The second kappa shape index (κ2) is 8.01. The number of halogens is 2. The Morgan fingerprint density at radius 3 is 2.50 bits per heavy atom. The molecule has 0 aliphatic heterocycles. The average Bonchev–Trinajstić information content (AvgIpc) is 2.43. The molecule has 114 valence electrons. The molecular weight excluding hydrogens is 268 g/mol. The number of rotatable bonds is 8. The van der Waals surface area contributed by atoms with E-state index in [2.05, 4.69) is 4.74 Å². The number of benzene rings is 1. The largest absolute Gasteiger partial charge is 0.493 e. The average molecular weight is 289 g/mol. The van der Waals surface area contributed by atoms with E-state index >= 15 is 0 Å². The van der Waals surface area contributed by atoms with Crippen LogP contribution >= 0.6 is 0 Å². The Morgan fingerprint density at radius 2 is 2.00 bits per heavy atom. The lowest BCUT2D eigenvalue weighted by molar-refractivity contribution is -0.0512. The van der Waals surface area contributed by atoms with Gasteiger partial charge in [-0.2, -0.15) is 8.78 Å². The van der Waals surface area contributed by atoms with Gasteiger partial charge in [0.2, 0.25) is 0 Å². The molecular formula is C14H21F2NO3. The number of hydrogen-bond donors (Lipinski definition) is 2. The van der Waals surface area contributed by atoms with Crippen LogP contribution in [0, 0.1) is 0 Å². The summed E-state index contributed by atoms with van der Waals surface area (Å²) in [4.78, 5) is 0. The topological polar surface area (TPSA) is 64.7 Å². The first-order chi connectivity index (χ1) is 9.53. The third kappa shape index (κ3) is 4.31. The molecule has 0 aliphatic carbocycles. The number of aliphatic hydroxyl groups is 1. The van der Waals surface area contributed by atoms with Crippen molar-refractivity contribution in [2.45, 2.75) is 38.3 Å². The van der Waals surface area contributed by atoms with Gasteiger partial charge in [0.1, 0.15) is 0 Å². The van der Waals surface area contributed by atoms with Gasteiger partial charge in [0.15, 0.2) is 11.5 Å². The molecule has 0 fully saturated rings. The van der Waals surface area contributed by atoms with Crippen LogP contribution < -0.4 is 15.2 Å². The van der Waals surface area contributed by atoms with E-state index < -0.39 is 6.61 Å². The summed E-state index contributed by atoms with van der Waals surface area (Å²) in [6.45, 7) is -1.000. The maximum absolute atomic E-state index is 12.4. The summed E-state index contributed by atoms with van der Waals surface area (Å²) in [7, 11) is 1.39. The lowest BCUT2D eigenvalue weighted by Gasteiger charge is -2.23. The molecule has 0 saturated heterocycles. The van der Waals surface area contributed by atoms with Crippen molar-refractivity contribution in [3.8, 4) is 11.5 Å². The van der Waals surface area contributed by atoms with Gasteiger partial charge in [-0.15, -0.1) is 0 Å². The second-order valence-electron chi connectivity index (χ2n) is 4.48. The fraction of sp³-hybridized carbons (Fsp3) is 0.571. The van der Waals surface area contributed by atoms with E-state index in [0.29, 0.717) is 6.42 Å². The third-order valence-electron chi connectivity index (χ3n) is 3.26. The van der Waals surface area contributed by atoms with Gasteiger partial charge in [0, 0.05) is 18.6 Å². The lowest BCUT2D eigenvalue weighted by Crippen LogP contribution is -2.28. The van der Waals surface area contributed by atoms with Crippen LogP contribution in [0.25, 0.3) is 0 Å². The summed E-state index contributed by atoms with van der Waals surface area (Å²) in [6.07, 6.45) is 1.19. The van der Waals surface area contributed by atoms with Gasteiger partial charge in [-0.25, -0.2) is 0 Å². The number of nitrogens with two attached hydrogens (primary N) is 1. The van der Waals surface area contributed by atoms with Crippen molar-refractivity contribution >= 4 is 0 Å². The van der Waals surface area contributed by atoms with Crippen molar-refractivity contribution in [1.29, 1.82) is 0 Å². The van der Waals surface area contributed by atoms with Crippen LogP contribution in [0.4, 0.5) is 8.78 Å². The molecule has 0 heterocycles. The smallest absolute Gasteiger partial charge is 0.387 e. The molecule has 4 nitrogen and oxygen atoms in total. The maximum atomic E-state index is 12.4. The fourth-order valence-electron chi connectivity index (χ4n) is 2.16. The Morgan fingerprint density at radius 1 is 1.30 bits per heavy atom. The van der Waals surface area contributed by atoms with Crippen LogP contribution in [0.15, 0.2) is 18.2 Å². The molecule has 0 radical (unpaired) electrons. The minimum absolute atomic E-state index is 0.0184. The predicted octanol–water partition coefficient (Wildman–Crippen LogP) is 2.50. The molecule has 0 spiro atoms. The third-order valence-corrected chi connectivity index (χ3v) is 3.26. The van der Waals surface area contributed by atoms with E-state index in [1.165, 1.54) is 13.2 Å². The van der Waals surface area contributed by atoms with Crippen LogP contribution in [-0.4, -0.2) is 31.5 Å². The Balaban J connectivity index is 3.09. The summed E-state index contributed by atoms with van der Waals surface area (Å²) in [5, 5.41) is 9.13. The SMILES string of the molecule is CCC(N)C(CCO)c1ccc(OC)c(OC(F)F)c1. The highest BCUT2D eigenvalue weighted by Crippen LogP contribution is 2.34. The zero-order valence-corrected chi connectivity index (χ0v) is 11.7. The molecule has 1 aromatic carbocycles. The first kappa shape index (κ1) is 16.7. The highest BCUT2D eigenvalue weighted by molar-refractivity contribution is 5.44. The van der Waals surface area contributed by atoms with Gasteiger partial charge < -0.3 is 20.3 Å². The van der Waals surface area contributed by atoms with Crippen molar-refractivity contribution in [3.05, 3.63) is 23.8 Å². The predicted molar refractivity (Wildman–Crippen MR) is 72.3 cm³/mol. The van der Waals surface area contributed by atoms with Gasteiger partial charge in [-0.05, 0) is 30.5 Å². The van der Waals surface area contributed by atoms with E-state index in [-0.39, 0.29) is 30.1 Å². The van der Waals surface area contributed by atoms with Crippen LogP contribution in [0.5, 0.6) is 11.5 Å². The molecule has 1 aromatic rings. The van der Waals surface area contributed by atoms with Crippen molar-refractivity contribution in [2.24, 2.45) is 5.73 Å². The molecule has 20 heavy (non-hydrogen) atoms. The molecule has 2 atom stereocenters. The molecule has 1 rings (SSSR count). The molecule has 0 bridgehead atoms. The van der Waals surface area contributed by atoms with Gasteiger partial charge in [0.05, 0.1) is 7.11 Å². The number of aliphatic hydroxyl groups excluding tert-OH is 1. The zero-order valence-electron chi connectivity index (χ0n) is 11.7. The normalized spacial score (nSPS) is 14.2. The number of hydrogen-bond acceptors (Lipinski definition) is 4. The van der Waals surface area contributed by atoms with Crippen LogP contribution in [0.3, 0.4) is 0 Å². The Bertz CT molecular complexity index is 415. The first-order valence-corrected chi connectivity index (χ1v) is 6.52. The van der Waals surface area contributed by atoms with Crippen molar-refractivity contribution in [1.82, 2.24) is 0 Å². The van der Waals surface area contributed by atoms with Crippen molar-refractivity contribution in [3.63, 3.8) is 0 Å². The maximum Gasteiger partial charge on any atom is 0.387 e. The number of ether oxygens (including phenoxy) is 2. The van der Waals surface area contributed by atoms with E-state index in [0.717, 1.165) is 12.0 Å². The summed E-state index contributed by atoms with van der Waals surface area (Å²) in [5.41, 5.74) is 6.78. The molecule has 0 amide bonds. The highest BCUT2D eigenvalue weighted by Gasteiger charge is 2.20. The Hall–Kier alpha value is -1.40. The van der Waals surface area contributed by atoms with Gasteiger partial charge in [0.25, 0.3) is 0 Å². The van der Waals surface area contributed by atoms with E-state index in [1.807, 2.05) is 6.92 Å². The van der Waals surface area contributed by atoms with Gasteiger partial charge in [-0.3, -0.25) is 0 Å².